The lowest BCUT2D eigenvalue weighted by Gasteiger charge is -2.20. The van der Waals surface area contributed by atoms with E-state index >= 15 is 0 Å². The normalized spacial score (nSPS) is 24.1. The van der Waals surface area contributed by atoms with Gasteiger partial charge in [-0.15, -0.1) is 0 Å². The van der Waals surface area contributed by atoms with Gasteiger partial charge in [-0.1, -0.05) is 36.7 Å². The molecule has 0 amide bonds. The lowest BCUT2D eigenvalue weighted by atomic mass is 10.2. The van der Waals surface area contributed by atoms with E-state index < -0.39 is 0 Å². The summed E-state index contributed by atoms with van der Waals surface area (Å²) in [5.74, 6) is 0. The van der Waals surface area contributed by atoms with E-state index in [2.05, 4.69) is 17.2 Å². The average Bonchev–Trinajstić information content (AvgIpc) is 2.77. The molecule has 0 aliphatic heterocycles. The molecule has 1 aliphatic rings. The van der Waals surface area contributed by atoms with Gasteiger partial charge in [-0.25, -0.2) is 4.98 Å². The van der Waals surface area contributed by atoms with Gasteiger partial charge in [0.05, 0.1) is 5.02 Å². The van der Waals surface area contributed by atoms with Crippen molar-refractivity contribution >= 4 is 23.4 Å². The van der Waals surface area contributed by atoms with Crippen LogP contribution in [0.5, 0.6) is 0 Å². The molecular weight excluding hydrogens is 252 g/mol. The van der Waals surface area contributed by atoms with Crippen LogP contribution in [-0.4, -0.2) is 22.8 Å². The Bertz CT molecular complexity index is 359. The van der Waals surface area contributed by atoms with Crippen molar-refractivity contribution < 1.29 is 0 Å². The van der Waals surface area contributed by atoms with Crippen molar-refractivity contribution in [1.29, 1.82) is 0 Å². The second kappa shape index (κ2) is 6.62. The molecule has 0 saturated heterocycles. The number of hydrogen-bond acceptors (Lipinski definition) is 3. The van der Waals surface area contributed by atoms with Crippen LogP contribution in [0.15, 0.2) is 23.4 Å². The summed E-state index contributed by atoms with van der Waals surface area (Å²) in [6.07, 6.45) is 6.86. The summed E-state index contributed by atoms with van der Waals surface area (Å²) in [6.45, 7) is 3.32. The Morgan fingerprint density at radius 2 is 2.41 bits per heavy atom. The summed E-state index contributed by atoms with van der Waals surface area (Å²) >= 11 is 7.98. The molecule has 1 fully saturated rings. The molecular formula is C13H19ClN2S. The van der Waals surface area contributed by atoms with Crippen molar-refractivity contribution in [2.75, 3.05) is 6.54 Å². The molecule has 1 heterocycles. The molecule has 2 unspecified atom stereocenters. The first-order valence-corrected chi connectivity index (χ1v) is 7.57. The Morgan fingerprint density at radius 1 is 1.53 bits per heavy atom. The number of pyridine rings is 1. The predicted molar refractivity (Wildman–Crippen MR) is 74.8 cm³/mol. The zero-order valence-electron chi connectivity index (χ0n) is 10.2. The molecule has 94 valence electrons. The summed E-state index contributed by atoms with van der Waals surface area (Å²) in [4.78, 5) is 4.36. The SMILES string of the molecule is CCCNC1CCCC1Sc1ncccc1Cl. The Labute approximate surface area is 113 Å². The van der Waals surface area contributed by atoms with Gasteiger partial charge >= 0.3 is 0 Å². The zero-order chi connectivity index (χ0) is 12.1. The average molecular weight is 271 g/mol. The Hall–Kier alpha value is -0.250. The minimum Gasteiger partial charge on any atom is -0.313 e. The van der Waals surface area contributed by atoms with Gasteiger partial charge in [0, 0.05) is 17.5 Å². The highest BCUT2D eigenvalue weighted by atomic mass is 35.5. The standard InChI is InChI=1S/C13H19ClN2S/c1-2-8-15-11-6-3-7-12(11)17-13-10(14)5-4-9-16-13/h4-5,9,11-12,15H,2-3,6-8H2,1H3. The van der Waals surface area contributed by atoms with Gasteiger partial charge < -0.3 is 5.32 Å². The summed E-state index contributed by atoms with van der Waals surface area (Å²) < 4.78 is 0. The third kappa shape index (κ3) is 3.60. The fourth-order valence-electron chi connectivity index (χ4n) is 2.23. The topological polar surface area (TPSA) is 24.9 Å². The summed E-state index contributed by atoms with van der Waals surface area (Å²) in [6, 6.07) is 4.42. The van der Waals surface area contributed by atoms with Crippen LogP contribution in [0, 0.1) is 0 Å². The van der Waals surface area contributed by atoms with Crippen molar-refractivity contribution in [2.24, 2.45) is 0 Å². The Balaban J connectivity index is 1.95. The van der Waals surface area contributed by atoms with Crippen molar-refractivity contribution in [3.8, 4) is 0 Å². The number of nitrogens with one attached hydrogen (secondary N) is 1. The number of rotatable bonds is 5. The van der Waals surface area contributed by atoms with E-state index in [0.29, 0.717) is 11.3 Å². The maximum atomic E-state index is 6.15. The third-order valence-corrected chi connectivity index (χ3v) is 4.93. The largest absolute Gasteiger partial charge is 0.313 e. The fourth-order valence-corrected chi connectivity index (χ4v) is 3.76. The van der Waals surface area contributed by atoms with Gasteiger partial charge in [-0.2, -0.15) is 0 Å². The van der Waals surface area contributed by atoms with Gasteiger partial charge in [0.1, 0.15) is 5.03 Å². The maximum absolute atomic E-state index is 6.15. The number of thioether (sulfide) groups is 1. The molecule has 2 nitrogen and oxygen atoms in total. The second-order valence-corrected chi connectivity index (χ2v) is 6.07. The van der Waals surface area contributed by atoms with Crippen LogP contribution in [0.25, 0.3) is 0 Å². The minimum atomic E-state index is 0.619. The predicted octanol–water partition coefficient (Wildman–Crippen LogP) is 3.75. The van der Waals surface area contributed by atoms with Crippen LogP contribution >= 0.6 is 23.4 Å². The minimum absolute atomic E-state index is 0.619. The lowest BCUT2D eigenvalue weighted by Crippen LogP contribution is -2.34. The van der Waals surface area contributed by atoms with Crippen molar-refractivity contribution in [2.45, 2.75) is 48.9 Å². The van der Waals surface area contributed by atoms with E-state index in [0.717, 1.165) is 16.6 Å². The van der Waals surface area contributed by atoms with E-state index in [1.165, 1.54) is 25.7 Å². The smallest absolute Gasteiger partial charge is 0.115 e. The first-order valence-electron chi connectivity index (χ1n) is 6.32. The molecule has 2 atom stereocenters. The summed E-state index contributed by atoms with van der Waals surface area (Å²) in [5.41, 5.74) is 0. The molecule has 2 rings (SSSR count). The van der Waals surface area contributed by atoms with Gasteiger partial charge in [-0.3, -0.25) is 0 Å². The van der Waals surface area contributed by atoms with Crippen LogP contribution in [0.1, 0.15) is 32.6 Å². The second-order valence-electron chi connectivity index (χ2n) is 4.44. The molecule has 1 aliphatic carbocycles. The van der Waals surface area contributed by atoms with Gasteiger partial charge in [0.25, 0.3) is 0 Å². The highest BCUT2D eigenvalue weighted by Crippen LogP contribution is 2.36. The van der Waals surface area contributed by atoms with Gasteiger partial charge in [-0.05, 0) is 37.9 Å². The Kier molecular flexibility index (Phi) is 5.14. The van der Waals surface area contributed by atoms with E-state index in [1.807, 2.05) is 30.1 Å². The van der Waals surface area contributed by atoms with E-state index in [-0.39, 0.29) is 0 Å². The molecule has 0 bridgehead atoms. The van der Waals surface area contributed by atoms with Crippen LogP contribution in [0.3, 0.4) is 0 Å². The van der Waals surface area contributed by atoms with Gasteiger partial charge in [0.2, 0.25) is 0 Å². The van der Waals surface area contributed by atoms with Crippen molar-refractivity contribution in [3.63, 3.8) is 0 Å². The zero-order valence-corrected chi connectivity index (χ0v) is 11.7. The molecule has 1 saturated carbocycles. The molecule has 4 heteroatoms. The fraction of sp³-hybridized carbons (Fsp3) is 0.615. The van der Waals surface area contributed by atoms with Crippen molar-refractivity contribution in [3.05, 3.63) is 23.4 Å². The van der Waals surface area contributed by atoms with E-state index in [1.54, 1.807) is 0 Å². The van der Waals surface area contributed by atoms with E-state index in [4.69, 9.17) is 11.6 Å². The van der Waals surface area contributed by atoms with Crippen LogP contribution < -0.4 is 5.32 Å². The number of nitrogens with zero attached hydrogens (tertiary/aromatic N) is 1. The maximum Gasteiger partial charge on any atom is 0.115 e. The van der Waals surface area contributed by atoms with Crippen molar-refractivity contribution in [1.82, 2.24) is 10.3 Å². The summed E-state index contributed by atoms with van der Waals surface area (Å²) in [7, 11) is 0. The van der Waals surface area contributed by atoms with E-state index in [9.17, 15) is 0 Å². The molecule has 0 aromatic carbocycles. The monoisotopic (exact) mass is 270 g/mol. The Morgan fingerprint density at radius 3 is 3.18 bits per heavy atom. The lowest BCUT2D eigenvalue weighted by molar-refractivity contribution is 0.530. The highest BCUT2D eigenvalue weighted by Gasteiger charge is 2.28. The molecule has 1 aromatic heterocycles. The first-order chi connectivity index (χ1) is 8.31. The highest BCUT2D eigenvalue weighted by molar-refractivity contribution is 8.00. The number of halogens is 1. The number of hydrogen-bond donors (Lipinski definition) is 1. The van der Waals surface area contributed by atoms with Crippen LogP contribution in [-0.2, 0) is 0 Å². The molecule has 0 spiro atoms. The molecule has 1 aromatic rings. The quantitative estimate of drug-likeness (QED) is 0.882. The molecule has 1 N–H and O–H groups in total. The van der Waals surface area contributed by atoms with Crippen LogP contribution in [0.4, 0.5) is 0 Å². The van der Waals surface area contributed by atoms with Crippen LogP contribution in [0.2, 0.25) is 5.02 Å². The van der Waals surface area contributed by atoms with Gasteiger partial charge in [0.15, 0.2) is 0 Å². The third-order valence-electron chi connectivity index (χ3n) is 3.10. The molecule has 0 radical (unpaired) electrons. The first kappa shape index (κ1) is 13.2. The number of aromatic nitrogens is 1. The molecule has 17 heavy (non-hydrogen) atoms. The summed E-state index contributed by atoms with van der Waals surface area (Å²) in [5, 5.41) is 6.00.